The summed E-state index contributed by atoms with van der Waals surface area (Å²) in [6.45, 7) is 7.47. The van der Waals surface area contributed by atoms with E-state index >= 15 is 0 Å². The first-order valence-corrected chi connectivity index (χ1v) is 9.40. The normalized spacial score (nSPS) is 15.6. The van der Waals surface area contributed by atoms with E-state index in [0.29, 0.717) is 6.04 Å². The first kappa shape index (κ1) is 22.0. The molecule has 1 fully saturated rings. The van der Waals surface area contributed by atoms with Crippen molar-refractivity contribution in [3.05, 3.63) is 23.9 Å². The zero-order valence-electron chi connectivity index (χ0n) is 15.9. The summed E-state index contributed by atoms with van der Waals surface area (Å²) in [4.78, 5) is 11.3. The number of aromatic nitrogens is 1. The molecule has 1 aliphatic heterocycles. The number of pyridine rings is 1. The lowest BCUT2D eigenvalue weighted by molar-refractivity contribution is 0.546. The highest BCUT2D eigenvalue weighted by Gasteiger charge is 2.13. The molecule has 0 spiro atoms. The molecule has 0 amide bonds. The number of guanidine groups is 1. The number of anilines is 1. The van der Waals surface area contributed by atoms with Crippen molar-refractivity contribution in [2.75, 3.05) is 25.0 Å². The Hall–Kier alpha value is -1.05. The van der Waals surface area contributed by atoms with Crippen LogP contribution in [0.5, 0.6) is 0 Å². The maximum atomic E-state index is 4.60. The van der Waals surface area contributed by atoms with Crippen LogP contribution < -0.4 is 15.5 Å². The molecule has 0 aromatic carbocycles. The Balaban J connectivity index is 0.00000312. The van der Waals surface area contributed by atoms with Crippen LogP contribution in [-0.2, 0) is 6.54 Å². The van der Waals surface area contributed by atoms with Crippen molar-refractivity contribution in [2.45, 2.75) is 65.0 Å². The van der Waals surface area contributed by atoms with E-state index in [0.717, 1.165) is 31.4 Å². The molecule has 1 aromatic rings. The van der Waals surface area contributed by atoms with Crippen molar-refractivity contribution in [1.29, 1.82) is 0 Å². The van der Waals surface area contributed by atoms with Gasteiger partial charge in [-0.05, 0) is 37.8 Å². The zero-order chi connectivity index (χ0) is 17.2. The SMILES string of the molecule is CCCCCC(C)NC(=NC)NCc1ccc(N2CCCC2)nc1.I. The van der Waals surface area contributed by atoms with Gasteiger partial charge in [-0.25, -0.2) is 4.98 Å². The predicted octanol–water partition coefficient (Wildman–Crippen LogP) is 3.93. The topological polar surface area (TPSA) is 52.6 Å². The van der Waals surface area contributed by atoms with Crippen LogP contribution in [0.3, 0.4) is 0 Å². The van der Waals surface area contributed by atoms with Crippen LogP contribution in [0.15, 0.2) is 23.3 Å². The highest BCUT2D eigenvalue weighted by molar-refractivity contribution is 14.0. The second-order valence-corrected chi connectivity index (χ2v) is 6.69. The van der Waals surface area contributed by atoms with Gasteiger partial charge in [-0.2, -0.15) is 0 Å². The number of rotatable bonds is 8. The van der Waals surface area contributed by atoms with E-state index in [1.807, 2.05) is 13.2 Å². The highest BCUT2D eigenvalue weighted by atomic mass is 127. The summed E-state index contributed by atoms with van der Waals surface area (Å²) >= 11 is 0. The Morgan fingerprint density at radius 3 is 2.64 bits per heavy atom. The smallest absolute Gasteiger partial charge is 0.191 e. The maximum absolute atomic E-state index is 4.60. The molecule has 1 atom stereocenters. The molecule has 0 bridgehead atoms. The van der Waals surface area contributed by atoms with Gasteiger partial charge in [0.15, 0.2) is 5.96 Å². The number of nitrogens with zero attached hydrogens (tertiary/aromatic N) is 3. The molecule has 0 radical (unpaired) electrons. The van der Waals surface area contributed by atoms with Crippen molar-refractivity contribution in [2.24, 2.45) is 4.99 Å². The minimum absolute atomic E-state index is 0. The van der Waals surface area contributed by atoms with Crippen LogP contribution in [0, 0.1) is 0 Å². The van der Waals surface area contributed by atoms with Crippen molar-refractivity contribution in [3.63, 3.8) is 0 Å². The average Bonchev–Trinajstić information content (AvgIpc) is 3.14. The van der Waals surface area contributed by atoms with Gasteiger partial charge >= 0.3 is 0 Å². The zero-order valence-corrected chi connectivity index (χ0v) is 18.3. The monoisotopic (exact) mass is 459 g/mol. The van der Waals surface area contributed by atoms with E-state index in [9.17, 15) is 0 Å². The van der Waals surface area contributed by atoms with Gasteiger partial charge in [0.05, 0.1) is 0 Å². The van der Waals surface area contributed by atoms with E-state index < -0.39 is 0 Å². The van der Waals surface area contributed by atoms with E-state index in [1.54, 1.807) is 0 Å². The standard InChI is InChI=1S/C19H33N5.HI/c1-4-5-6-9-16(2)23-19(20-3)22-15-17-10-11-18(21-14-17)24-12-7-8-13-24;/h10-11,14,16H,4-9,12-13,15H2,1-3H3,(H2,20,22,23);1H. The third-order valence-corrected chi connectivity index (χ3v) is 4.55. The van der Waals surface area contributed by atoms with Gasteiger partial charge in [0.1, 0.15) is 5.82 Å². The predicted molar refractivity (Wildman–Crippen MR) is 118 cm³/mol. The molecule has 0 saturated carbocycles. The Morgan fingerprint density at radius 2 is 2.04 bits per heavy atom. The molecule has 142 valence electrons. The van der Waals surface area contributed by atoms with Crippen LogP contribution in [-0.4, -0.2) is 37.1 Å². The van der Waals surface area contributed by atoms with E-state index in [-0.39, 0.29) is 24.0 Å². The van der Waals surface area contributed by atoms with E-state index in [1.165, 1.54) is 44.1 Å². The number of halogens is 1. The Kier molecular flexibility index (Phi) is 10.8. The molecular formula is C19H34IN5. The Morgan fingerprint density at radius 1 is 1.28 bits per heavy atom. The summed E-state index contributed by atoms with van der Waals surface area (Å²) in [7, 11) is 1.82. The lowest BCUT2D eigenvalue weighted by Crippen LogP contribution is -2.41. The molecule has 1 aromatic heterocycles. The third kappa shape index (κ3) is 7.79. The van der Waals surface area contributed by atoms with E-state index in [2.05, 4.69) is 51.5 Å². The molecule has 25 heavy (non-hydrogen) atoms. The lowest BCUT2D eigenvalue weighted by atomic mass is 10.1. The second-order valence-electron chi connectivity index (χ2n) is 6.69. The van der Waals surface area contributed by atoms with Crippen LogP contribution in [0.2, 0.25) is 0 Å². The van der Waals surface area contributed by atoms with Crippen molar-refractivity contribution in [3.8, 4) is 0 Å². The van der Waals surface area contributed by atoms with Crippen LogP contribution in [0.1, 0.15) is 57.9 Å². The number of hydrogen-bond acceptors (Lipinski definition) is 3. The molecule has 2 heterocycles. The molecule has 5 nitrogen and oxygen atoms in total. The van der Waals surface area contributed by atoms with Gasteiger partial charge < -0.3 is 15.5 Å². The summed E-state index contributed by atoms with van der Waals surface area (Å²) in [5.74, 6) is 1.96. The van der Waals surface area contributed by atoms with E-state index in [4.69, 9.17) is 0 Å². The second kappa shape index (κ2) is 12.3. The summed E-state index contributed by atoms with van der Waals surface area (Å²) in [6.07, 6.45) is 9.54. The minimum Gasteiger partial charge on any atom is -0.357 e. The molecular weight excluding hydrogens is 425 g/mol. The van der Waals surface area contributed by atoms with Gasteiger partial charge in [-0.3, -0.25) is 4.99 Å². The van der Waals surface area contributed by atoms with Gasteiger partial charge in [0.25, 0.3) is 0 Å². The van der Waals surface area contributed by atoms with Gasteiger partial charge in [0, 0.05) is 38.9 Å². The third-order valence-electron chi connectivity index (χ3n) is 4.55. The Labute approximate surface area is 170 Å². The molecule has 1 unspecified atom stereocenters. The quantitative estimate of drug-likeness (QED) is 0.268. The number of unbranched alkanes of at least 4 members (excludes halogenated alkanes) is 2. The highest BCUT2D eigenvalue weighted by Crippen LogP contribution is 2.17. The first-order valence-electron chi connectivity index (χ1n) is 9.40. The molecule has 1 aliphatic rings. The first-order chi connectivity index (χ1) is 11.7. The average molecular weight is 459 g/mol. The molecule has 2 rings (SSSR count). The molecule has 2 N–H and O–H groups in total. The van der Waals surface area contributed by atoms with Crippen molar-refractivity contribution >= 4 is 35.8 Å². The fourth-order valence-corrected chi connectivity index (χ4v) is 3.04. The van der Waals surface area contributed by atoms with Crippen LogP contribution in [0.4, 0.5) is 5.82 Å². The molecule has 6 heteroatoms. The fourth-order valence-electron chi connectivity index (χ4n) is 3.04. The summed E-state index contributed by atoms with van der Waals surface area (Å²) in [5.41, 5.74) is 1.18. The summed E-state index contributed by atoms with van der Waals surface area (Å²) in [5, 5.41) is 6.84. The van der Waals surface area contributed by atoms with Gasteiger partial charge in [-0.15, -0.1) is 24.0 Å². The Bertz CT molecular complexity index is 497. The number of nitrogens with one attached hydrogen (secondary N) is 2. The largest absolute Gasteiger partial charge is 0.357 e. The van der Waals surface area contributed by atoms with Crippen LogP contribution in [0.25, 0.3) is 0 Å². The summed E-state index contributed by atoms with van der Waals surface area (Å²) < 4.78 is 0. The number of aliphatic imine (C=N–C) groups is 1. The van der Waals surface area contributed by atoms with Crippen molar-refractivity contribution < 1.29 is 0 Å². The minimum atomic E-state index is 0. The lowest BCUT2D eigenvalue weighted by Gasteiger charge is -2.18. The van der Waals surface area contributed by atoms with Gasteiger partial charge in [0.2, 0.25) is 0 Å². The molecule has 1 saturated heterocycles. The van der Waals surface area contributed by atoms with Gasteiger partial charge in [-0.1, -0.05) is 32.3 Å². The fraction of sp³-hybridized carbons (Fsp3) is 0.684. The summed E-state index contributed by atoms with van der Waals surface area (Å²) in [6, 6.07) is 4.73. The van der Waals surface area contributed by atoms with Crippen molar-refractivity contribution in [1.82, 2.24) is 15.6 Å². The number of hydrogen-bond donors (Lipinski definition) is 2. The molecule has 0 aliphatic carbocycles. The van der Waals surface area contributed by atoms with Crippen LogP contribution >= 0.6 is 24.0 Å². The maximum Gasteiger partial charge on any atom is 0.191 e.